The van der Waals surface area contributed by atoms with Crippen molar-refractivity contribution in [2.45, 2.75) is 27.3 Å². The molecular formula is C30H26N4O5S2. The smallest absolute Gasteiger partial charge is 0.341 e. The van der Waals surface area contributed by atoms with Gasteiger partial charge in [-0.25, -0.2) is 9.78 Å². The van der Waals surface area contributed by atoms with E-state index in [1.165, 1.54) is 10.9 Å². The van der Waals surface area contributed by atoms with E-state index >= 15 is 0 Å². The van der Waals surface area contributed by atoms with Crippen LogP contribution in [0.3, 0.4) is 0 Å². The minimum absolute atomic E-state index is 0.116. The molecule has 2 aromatic carbocycles. The minimum Gasteiger partial charge on any atom is -0.462 e. The number of para-hydroxylation sites is 1. The zero-order valence-electron chi connectivity index (χ0n) is 22.5. The first kappa shape index (κ1) is 27.9. The molecule has 9 nitrogen and oxygen atoms in total. The molecule has 0 radical (unpaired) electrons. The molecule has 5 rings (SSSR count). The lowest BCUT2D eigenvalue weighted by Crippen LogP contribution is -2.21. The number of esters is 1. The van der Waals surface area contributed by atoms with Crippen LogP contribution in [-0.4, -0.2) is 33.9 Å². The second-order valence-electron chi connectivity index (χ2n) is 9.15. The summed E-state index contributed by atoms with van der Waals surface area (Å²) in [5.41, 5.74) is 2.32. The number of fused-ring (bicyclic) bond motifs is 1. The Morgan fingerprint density at radius 3 is 2.20 bits per heavy atom. The number of carbonyl (C=O) groups is 3. The van der Waals surface area contributed by atoms with Gasteiger partial charge >= 0.3 is 5.97 Å². The Labute approximate surface area is 243 Å². The topological polar surface area (TPSA) is 119 Å². The molecule has 2 N–H and O–H groups in total. The molecule has 5 aromatic rings. The van der Waals surface area contributed by atoms with Gasteiger partial charge in [0.1, 0.15) is 9.83 Å². The van der Waals surface area contributed by atoms with E-state index in [0.29, 0.717) is 38.5 Å². The van der Waals surface area contributed by atoms with Crippen LogP contribution >= 0.6 is 22.7 Å². The van der Waals surface area contributed by atoms with Gasteiger partial charge in [-0.15, -0.1) is 22.7 Å². The first-order valence-corrected chi connectivity index (χ1v) is 14.4. The molecule has 2 amide bonds. The summed E-state index contributed by atoms with van der Waals surface area (Å²) in [5.74, 6) is -1.57. The summed E-state index contributed by atoms with van der Waals surface area (Å²) in [6, 6.07) is 18.5. The van der Waals surface area contributed by atoms with Crippen molar-refractivity contribution >= 4 is 61.4 Å². The number of aromatic nitrogens is 2. The zero-order chi connectivity index (χ0) is 29.1. The highest BCUT2D eigenvalue weighted by Crippen LogP contribution is 2.36. The quantitative estimate of drug-likeness (QED) is 0.220. The molecule has 0 aliphatic heterocycles. The molecule has 0 spiro atoms. The van der Waals surface area contributed by atoms with Gasteiger partial charge in [0.2, 0.25) is 0 Å². The number of amides is 2. The number of benzene rings is 2. The molecule has 0 saturated heterocycles. The van der Waals surface area contributed by atoms with E-state index in [0.717, 1.165) is 28.2 Å². The third-order valence-corrected chi connectivity index (χ3v) is 8.82. The summed E-state index contributed by atoms with van der Waals surface area (Å²) in [4.78, 5) is 58.3. The number of thiophene rings is 2. The van der Waals surface area contributed by atoms with Crippen LogP contribution < -0.4 is 16.2 Å². The normalized spacial score (nSPS) is 10.9. The van der Waals surface area contributed by atoms with Gasteiger partial charge in [-0.3, -0.25) is 19.0 Å². The molecule has 3 heterocycles. The van der Waals surface area contributed by atoms with Crippen molar-refractivity contribution in [1.29, 1.82) is 0 Å². The first-order chi connectivity index (χ1) is 19.8. The summed E-state index contributed by atoms with van der Waals surface area (Å²) < 4.78 is 6.74. The van der Waals surface area contributed by atoms with E-state index in [1.807, 2.05) is 36.4 Å². The molecule has 0 fully saturated rings. The van der Waals surface area contributed by atoms with Crippen molar-refractivity contribution in [3.63, 3.8) is 0 Å². The minimum atomic E-state index is -0.645. The molecule has 41 heavy (non-hydrogen) atoms. The summed E-state index contributed by atoms with van der Waals surface area (Å²) >= 11 is 2.09. The fourth-order valence-electron chi connectivity index (χ4n) is 4.40. The van der Waals surface area contributed by atoms with Crippen molar-refractivity contribution in [3.05, 3.63) is 109 Å². The molecule has 3 aromatic heterocycles. The van der Waals surface area contributed by atoms with Crippen molar-refractivity contribution in [2.24, 2.45) is 0 Å². The summed E-state index contributed by atoms with van der Waals surface area (Å²) in [5, 5.41) is 6.17. The monoisotopic (exact) mass is 586 g/mol. The number of nitrogens with one attached hydrogen (secondary N) is 2. The SMILES string of the molecule is CCOC(=O)c1c(NC(=O)c2sc3ncn(Cc4ccccc4)c(=O)c3c2C)sc(C(=O)Nc2ccccc2)c1C. The highest BCUT2D eigenvalue weighted by atomic mass is 32.1. The van der Waals surface area contributed by atoms with Crippen LogP contribution in [0, 0.1) is 13.8 Å². The lowest BCUT2D eigenvalue weighted by molar-refractivity contribution is 0.0527. The molecule has 0 aliphatic rings. The van der Waals surface area contributed by atoms with Crippen LogP contribution in [0.4, 0.5) is 10.7 Å². The van der Waals surface area contributed by atoms with E-state index in [9.17, 15) is 19.2 Å². The molecule has 0 aliphatic carbocycles. The van der Waals surface area contributed by atoms with Crippen molar-refractivity contribution in [2.75, 3.05) is 17.2 Å². The number of carbonyl (C=O) groups excluding carboxylic acids is 3. The zero-order valence-corrected chi connectivity index (χ0v) is 24.2. The van der Waals surface area contributed by atoms with Crippen LogP contribution in [0.2, 0.25) is 0 Å². The largest absolute Gasteiger partial charge is 0.462 e. The van der Waals surface area contributed by atoms with Gasteiger partial charge in [0.05, 0.1) is 40.2 Å². The van der Waals surface area contributed by atoms with Gasteiger partial charge in [0.15, 0.2) is 0 Å². The standard InChI is InChI=1S/C30H26N4O5S2/c1-4-39-30(38)22-18(3)24(25(35)32-20-13-9-6-10-14-20)41-28(22)33-26(36)23-17(2)21-27(40-23)31-16-34(29(21)37)15-19-11-7-5-8-12-19/h5-14,16H,4,15H2,1-3H3,(H,32,35)(H,33,36). The van der Waals surface area contributed by atoms with Gasteiger partial charge in [-0.1, -0.05) is 48.5 Å². The fraction of sp³-hybridized carbons (Fsp3) is 0.167. The predicted octanol–water partition coefficient (Wildman–Crippen LogP) is 5.87. The van der Waals surface area contributed by atoms with Crippen LogP contribution in [0.5, 0.6) is 0 Å². The maximum atomic E-state index is 13.5. The fourth-order valence-corrected chi connectivity index (χ4v) is 6.52. The van der Waals surface area contributed by atoms with Crippen LogP contribution in [-0.2, 0) is 11.3 Å². The van der Waals surface area contributed by atoms with E-state index in [2.05, 4.69) is 15.6 Å². The van der Waals surface area contributed by atoms with Gasteiger partial charge in [-0.2, -0.15) is 0 Å². The van der Waals surface area contributed by atoms with Crippen molar-refractivity contribution in [1.82, 2.24) is 9.55 Å². The van der Waals surface area contributed by atoms with Crippen LogP contribution in [0.25, 0.3) is 10.2 Å². The Morgan fingerprint density at radius 1 is 0.878 bits per heavy atom. The highest BCUT2D eigenvalue weighted by molar-refractivity contribution is 7.21. The molecular weight excluding hydrogens is 560 g/mol. The number of nitrogens with zero attached hydrogens (tertiary/aromatic N) is 2. The predicted molar refractivity (Wildman–Crippen MR) is 162 cm³/mol. The highest BCUT2D eigenvalue weighted by Gasteiger charge is 2.28. The molecule has 0 unspecified atom stereocenters. The molecule has 0 bridgehead atoms. The molecule has 0 atom stereocenters. The molecule has 208 valence electrons. The maximum Gasteiger partial charge on any atom is 0.341 e. The number of hydrogen-bond donors (Lipinski definition) is 2. The first-order valence-electron chi connectivity index (χ1n) is 12.8. The lowest BCUT2D eigenvalue weighted by Gasteiger charge is -2.07. The summed E-state index contributed by atoms with van der Waals surface area (Å²) in [7, 11) is 0. The lowest BCUT2D eigenvalue weighted by atomic mass is 10.1. The molecule has 0 saturated carbocycles. The molecule has 11 heteroatoms. The van der Waals surface area contributed by atoms with Gasteiger partial charge < -0.3 is 15.4 Å². The Balaban J connectivity index is 1.47. The van der Waals surface area contributed by atoms with E-state index in [4.69, 9.17) is 4.74 Å². The summed E-state index contributed by atoms with van der Waals surface area (Å²) in [6.45, 7) is 5.50. The van der Waals surface area contributed by atoms with E-state index in [1.54, 1.807) is 45.0 Å². The van der Waals surface area contributed by atoms with Gasteiger partial charge in [0.25, 0.3) is 17.4 Å². The Hall–Kier alpha value is -4.61. The van der Waals surface area contributed by atoms with E-state index in [-0.39, 0.29) is 27.6 Å². The summed E-state index contributed by atoms with van der Waals surface area (Å²) in [6.07, 6.45) is 1.48. The number of anilines is 2. The Morgan fingerprint density at radius 2 is 1.51 bits per heavy atom. The maximum absolute atomic E-state index is 13.5. The third kappa shape index (κ3) is 5.67. The second kappa shape index (κ2) is 11.9. The van der Waals surface area contributed by atoms with Crippen molar-refractivity contribution < 1.29 is 19.1 Å². The average molecular weight is 587 g/mol. The number of aryl methyl sites for hydroxylation is 1. The third-order valence-electron chi connectivity index (χ3n) is 6.41. The Kier molecular flexibility index (Phi) is 8.09. The Bertz CT molecular complexity index is 1820. The van der Waals surface area contributed by atoms with Gasteiger partial charge in [-0.05, 0) is 49.6 Å². The van der Waals surface area contributed by atoms with Gasteiger partial charge in [0, 0.05) is 5.69 Å². The van der Waals surface area contributed by atoms with Crippen LogP contribution in [0.15, 0.2) is 71.8 Å². The van der Waals surface area contributed by atoms with Crippen molar-refractivity contribution in [3.8, 4) is 0 Å². The number of rotatable bonds is 8. The second-order valence-corrected chi connectivity index (χ2v) is 11.2. The van der Waals surface area contributed by atoms with Crippen LogP contribution in [0.1, 0.15) is 53.3 Å². The average Bonchev–Trinajstić information content (AvgIpc) is 3.48. The number of hydrogen-bond acceptors (Lipinski definition) is 8. The van der Waals surface area contributed by atoms with E-state index < -0.39 is 17.8 Å². The number of ether oxygens (including phenoxy) is 1.